The van der Waals surface area contributed by atoms with Gasteiger partial charge in [0.25, 0.3) is 11.8 Å². The highest BCUT2D eigenvalue weighted by atomic mass is 16.2. The number of benzene rings is 1. The van der Waals surface area contributed by atoms with E-state index >= 15 is 0 Å². The first-order chi connectivity index (χ1) is 11.1. The minimum atomic E-state index is -0.104. The van der Waals surface area contributed by atoms with E-state index < -0.39 is 0 Å². The van der Waals surface area contributed by atoms with Gasteiger partial charge < -0.3 is 19.7 Å². The van der Waals surface area contributed by atoms with Crippen LogP contribution in [-0.2, 0) is 6.54 Å². The van der Waals surface area contributed by atoms with Crippen molar-refractivity contribution in [3.63, 3.8) is 0 Å². The molecule has 0 spiro atoms. The van der Waals surface area contributed by atoms with Crippen LogP contribution in [0.2, 0.25) is 0 Å². The maximum atomic E-state index is 12.9. The normalized spacial score (nSPS) is 18.8. The number of nitrogens with zero attached hydrogens (tertiary/aromatic N) is 4. The second-order valence-corrected chi connectivity index (χ2v) is 6.11. The number of aromatic nitrogens is 2. The summed E-state index contributed by atoms with van der Waals surface area (Å²) in [7, 11) is 2.06. The van der Waals surface area contributed by atoms with Crippen LogP contribution in [0, 0.1) is 0 Å². The van der Waals surface area contributed by atoms with Crippen LogP contribution in [0.1, 0.15) is 21.0 Å². The molecule has 7 heteroatoms. The number of piperazine rings is 1. The Kier molecular flexibility index (Phi) is 3.30. The molecule has 120 valence electrons. The number of likely N-dealkylation sites (N-methyl/N-ethyl adjacent to an activating group) is 1. The molecule has 0 radical (unpaired) electrons. The van der Waals surface area contributed by atoms with Crippen molar-refractivity contribution < 1.29 is 9.59 Å². The topological polar surface area (TPSA) is 70.5 Å². The zero-order valence-corrected chi connectivity index (χ0v) is 13.1. The van der Waals surface area contributed by atoms with Gasteiger partial charge in [-0.05, 0) is 19.2 Å². The highest BCUT2D eigenvalue weighted by Gasteiger charge is 2.28. The standard InChI is InChI=1S/C16H19N5O2/c1-19-7-9-20(10-8-19)16(23)14-18-12-4-2-3-11-13(12)21(14)6-5-17-15(11)22/h2-4H,5-10H2,1H3,(H,17,22). The first-order valence-corrected chi connectivity index (χ1v) is 7.90. The van der Waals surface area contributed by atoms with E-state index in [0.29, 0.717) is 43.1 Å². The van der Waals surface area contributed by atoms with Gasteiger partial charge in [-0.2, -0.15) is 0 Å². The van der Waals surface area contributed by atoms with Crippen LogP contribution < -0.4 is 5.32 Å². The average molecular weight is 313 g/mol. The van der Waals surface area contributed by atoms with Gasteiger partial charge in [0.05, 0.1) is 16.6 Å². The molecule has 1 fully saturated rings. The van der Waals surface area contributed by atoms with Gasteiger partial charge in [0.2, 0.25) is 0 Å². The predicted molar refractivity (Wildman–Crippen MR) is 85.5 cm³/mol. The zero-order valence-electron chi connectivity index (χ0n) is 13.1. The molecule has 2 amide bonds. The summed E-state index contributed by atoms with van der Waals surface area (Å²) in [6.45, 7) is 4.23. The van der Waals surface area contributed by atoms with Crippen molar-refractivity contribution in [1.82, 2.24) is 24.7 Å². The number of rotatable bonds is 1. The summed E-state index contributed by atoms with van der Waals surface area (Å²) in [5.74, 6) is 0.288. The van der Waals surface area contributed by atoms with Crippen LogP contribution >= 0.6 is 0 Å². The number of hydrogen-bond acceptors (Lipinski definition) is 4. The van der Waals surface area contributed by atoms with Gasteiger partial charge in [-0.15, -0.1) is 0 Å². The Bertz CT molecular complexity index is 789. The summed E-state index contributed by atoms with van der Waals surface area (Å²) in [6.07, 6.45) is 0. The molecule has 0 saturated carbocycles. The lowest BCUT2D eigenvalue weighted by Gasteiger charge is -2.32. The lowest BCUT2D eigenvalue weighted by Crippen LogP contribution is -2.47. The lowest BCUT2D eigenvalue weighted by molar-refractivity contribution is 0.0647. The molecule has 23 heavy (non-hydrogen) atoms. The van der Waals surface area contributed by atoms with Crippen molar-refractivity contribution in [2.45, 2.75) is 6.54 Å². The van der Waals surface area contributed by atoms with Crippen LogP contribution in [-0.4, -0.2) is 70.9 Å². The minimum absolute atomic E-state index is 0.0467. The molecule has 1 aromatic carbocycles. The van der Waals surface area contributed by atoms with Crippen molar-refractivity contribution in [3.8, 4) is 0 Å². The fourth-order valence-corrected chi connectivity index (χ4v) is 3.28. The van der Waals surface area contributed by atoms with E-state index in [1.165, 1.54) is 0 Å². The Hall–Kier alpha value is -2.41. The number of hydrogen-bond donors (Lipinski definition) is 1. The Morgan fingerprint density at radius 2 is 1.96 bits per heavy atom. The van der Waals surface area contributed by atoms with Gasteiger partial charge >= 0.3 is 0 Å². The third-order valence-electron chi connectivity index (χ3n) is 4.61. The SMILES string of the molecule is CN1CCN(C(=O)c2nc3cccc4c3n2CCNC4=O)CC1. The molecule has 1 saturated heterocycles. The maximum absolute atomic E-state index is 12.9. The molecule has 0 aliphatic carbocycles. The van der Waals surface area contributed by atoms with Gasteiger partial charge in [-0.1, -0.05) is 6.07 Å². The third-order valence-corrected chi connectivity index (χ3v) is 4.61. The number of para-hydroxylation sites is 1. The molecule has 3 heterocycles. The largest absolute Gasteiger partial charge is 0.350 e. The van der Waals surface area contributed by atoms with Crippen LogP contribution in [0.4, 0.5) is 0 Å². The van der Waals surface area contributed by atoms with E-state index in [9.17, 15) is 9.59 Å². The number of carbonyl (C=O) groups is 2. The second kappa shape index (κ2) is 5.34. The number of carbonyl (C=O) groups excluding carboxylic acids is 2. The summed E-state index contributed by atoms with van der Waals surface area (Å²) in [5.41, 5.74) is 2.06. The molecule has 2 aliphatic heterocycles. The van der Waals surface area contributed by atoms with Crippen molar-refractivity contribution in [1.29, 1.82) is 0 Å². The summed E-state index contributed by atoms with van der Waals surface area (Å²) in [6, 6.07) is 5.45. The maximum Gasteiger partial charge on any atom is 0.289 e. The molecule has 1 N–H and O–H groups in total. The first kappa shape index (κ1) is 14.2. The summed E-state index contributed by atoms with van der Waals surface area (Å²) in [4.78, 5) is 33.7. The van der Waals surface area contributed by atoms with Gasteiger partial charge in [0.15, 0.2) is 5.82 Å². The Labute approximate surface area is 133 Å². The molecule has 2 aromatic rings. The molecular formula is C16H19N5O2. The van der Waals surface area contributed by atoms with E-state index in [-0.39, 0.29) is 11.8 Å². The average Bonchev–Trinajstić information content (AvgIpc) is 2.84. The molecule has 0 atom stereocenters. The number of imidazole rings is 1. The van der Waals surface area contributed by atoms with Crippen LogP contribution in [0.3, 0.4) is 0 Å². The molecule has 0 unspecified atom stereocenters. The number of amides is 2. The Balaban J connectivity index is 1.78. The molecular weight excluding hydrogens is 294 g/mol. The fraction of sp³-hybridized carbons (Fsp3) is 0.438. The van der Waals surface area contributed by atoms with Gasteiger partial charge in [0.1, 0.15) is 0 Å². The molecule has 4 rings (SSSR count). The van der Waals surface area contributed by atoms with E-state index in [2.05, 4.69) is 22.2 Å². The highest BCUT2D eigenvalue weighted by Crippen LogP contribution is 2.23. The number of nitrogens with one attached hydrogen (secondary N) is 1. The monoisotopic (exact) mass is 313 g/mol. The van der Waals surface area contributed by atoms with Crippen molar-refractivity contribution in [3.05, 3.63) is 29.6 Å². The molecule has 1 aromatic heterocycles. The zero-order chi connectivity index (χ0) is 16.0. The summed E-state index contributed by atoms with van der Waals surface area (Å²) in [5, 5.41) is 2.87. The predicted octanol–water partition coefficient (Wildman–Crippen LogP) is 0.167. The van der Waals surface area contributed by atoms with Crippen molar-refractivity contribution in [2.24, 2.45) is 0 Å². The van der Waals surface area contributed by atoms with Crippen molar-refractivity contribution in [2.75, 3.05) is 39.8 Å². The van der Waals surface area contributed by atoms with Gasteiger partial charge in [-0.3, -0.25) is 9.59 Å². The summed E-state index contributed by atoms with van der Waals surface area (Å²) < 4.78 is 1.89. The van der Waals surface area contributed by atoms with Crippen molar-refractivity contribution >= 4 is 22.8 Å². The van der Waals surface area contributed by atoms with E-state index in [4.69, 9.17) is 0 Å². The van der Waals surface area contributed by atoms with E-state index in [1.54, 1.807) is 6.07 Å². The fourth-order valence-electron chi connectivity index (χ4n) is 3.28. The van der Waals surface area contributed by atoms with Gasteiger partial charge in [-0.25, -0.2) is 4.98 Å². The van der Waals surface area contributed by atoms with Crippen LogP contribution in [0.25, 0.3) is 11.0 Å². The quantitative estimate of drug-likeness (QED) is 0.815. The highest BCUT2D eigenvalue weighted by molar-refractivity contribution is 6.07. The Morgan fingerprint density at radius 3 is 2.74 bits per heavy atom. The Morgan fingerprint density at radius 1 is 1.17 bits per heavy atom. The molecule has 2 aliphatic rings. The van der Waals surface area contributed by atoms with Crippen LogP contribution in [0.5, 0.6) is 0 Å². The van der Waals surface area contributed by atoms with Crippen LogP contribution in [0.15, 0.2) is 18.2 Å². The van der Waals surface area contributed by atoms with Gasteiger partial charge in [0, 0.05) is 39.3 Å². The van der Waals surface area contributed by atoms with E-state index in [1.807, 2.05) is 21.6 Å². The second-order valence-electron chi connectivity index (χ2n) is 6.11. The smallest absolute Gasteiger partial charge is 0.289 e. The minimum Gasteiger partial charge on any atom is -0.350 e. The summed E-state index contributed by atoms with van der Waals surface area (Å²) >= 11 is 0. The van der Waals surface area contributed by atoms with E-state index in [0.717, 1.165) is 18.6 Å². The molecule has 0 bridgehead atoms. The first-order valence-electron chi connectivity index (χ1n) is 7.90. The molecule has 7 nitrogen and oxygen atoms in total. The third kappa shape index (κ3) is 2.28. The lowest BCUT2D eigenvalue weighted by atomic mass is 10.2.